The number of carbonyl (C=O) groups excluding carboxylic acids is 1. The average molecular weight is 348 g/mol. The summed E-state index contributed by atoms with van der Waals surface area (Å²) in [6, 6.07) is 7.44. The van der Waals surface area contributed by atoms with E-state index in [1.54, 1.807) is 6.07 Å². The third kappa shape index (κ3) is 2.55. The predicted octanol–water partition coefficient (Wildman–Crippen LogP) is 2.41. The van der Waals surface area contributed by atoms with Gasteiger partial charge in [-0.1, -0.05) is 17.7 Å². The second-order valence-electron chi connectivity index (χ2n) is 5.31. The first-order valence-corrected chi connectivity index (χ1v) is 8.57. The molecule has 6 nitrogen and oxygen atoms in total. The van der Waals surface area contributed by atoms with Crippen LogP contribution in [0.4, 0.5) is 5.95 Å². The Kier molecular flexibility index (Phi) is 3.66. The van der Waals surface area contributed by atoms with Crippen molar-refractivity contribution in [2.24, 2.45) is 0 Å². The van der Waals surface area contributed by atoms with Crippen molar-refractivity contribution in [2.45, 2.75) is 0 Å². The maximum Gasteiger partial charge on any atom is 0.264 e. The van der Waals surface area contributed by atoms with Crippen molar-refractivity contribution in [1.82, 2.24) is 19.5 Å². The van der Waals surface area contributed by atoms with Crippen molar-refractivity contribution in [1.29, 1.82) is 0 Å². The van der Waals surface area contributed by atoms with Gasteiger partial charge in [0.15, 0.2) is 5.65 Å². The molecule has 0 unspecified atom stereocenters. The Labute approximate surface area is 141 Å². The minimum Gasteiger partial charge on any atom is -0.337 e. The van der Waals surface area contributed by atoms with Crippen molar-refractivity contribution in [3.8, 4) is 0 Å². The lowest BCUT2D eigenvalue weighted by atomic mass is 10.3. The molecule has 118 valence electrons. The van der Waals surface area contributed by atoms with E-state index < -0.39 is 0 Å². The van der Waals surface area contributed by atoms with E-state index in [1.165, 1.54) is 11.3 Å². The Morgan fingerprint density at radius 1 is 1.13 bits per heavy atom. The summed E-state index contributed by atoms with van der Waals surface area (Å²) in [5.74, 6) is 0.875. The number of fused-ring (bicyclic) bond motifs is 1. The van der Waals surface area contributed by atoms with Crippen LogP contribution in [-0.4, -0.2) is 51.6 Å². The van der Waals surface area contributed by atoms with Crippen LogP contribution in [0.2, 0.25) is 5.02 Å². The summed E-state index contributed by atoms with van der Waals surface area (Å²) in [7, 11) is 0. The zero-order valence-electron chi connectivity index (χ0n) is 12.2. The number of amides is 1. The van der Waals surface area contributed by atoms with Gasteiger partial charge in [-0.15, -0.1) is 21.5 Å². The molecule has 0 aromatic carbocycles. The first-order chi connectivity index (χ1) is 11.2. The summed E-state index contributed by atoms with van der Waals surface area (Å²) in [4.78, 5) is 17.2. The lowest BCUT2D eigenvalue weighted by molar-refractivity contribution is 0.0751. The standard InChI is InChI=1S/C15H14ClN5OS/c16-11-3-1-5-21-13(11)17-18-15(21)20-8-6-19(7-9-20)14(22)12-4-2-10-23-12/h1-5,10H,6-9H2. The molecular formula is C15H14ClN5OS. The van der Waals surface area contributed by atoms with Gasteiger partial charge >= 0.3 is 0 Å². The van der Waals surface area contributed by atoms with Crippen LogP contribution in [0.5, 0.6) is 0 Å². The van der Waals surface area contributed by atoms with Crippen LogP contribution in [0.1, 0.15) is 9.67 Å². The molecule has 23 heavy (non-hydrogen) atoms. The Hall–Kier alpha value is -2.12. The number of rotatable bonds is 2. The van der Waals surface area contributed by atoms with Gasteiger partial charge in [0.25, 0.3) is 5.91 Å². The van der Waals surface area contributed by atoms with Crippen LogP contribution in [-0.2, 0) is 0 Å². The quantitative estimate of drug-likeness (QED) is 0.714. The summed E-state index contributed by atoms with van der Waals surface area (Å²) in [5.41, 5.74) is 0.654. The molecule has 1 aliphatic rings. The third-order valence-corrected chi connectivity index (χ3v) is 5.10. The SMILES string of the molecule is O=C(c1cccs1)N1CCN(c2nnc3c(Cl)cccn23)CC1. The maximum absolute atomic E-state index is 12.4. The molecule has 4 rings (SSSR count). The molecule has 3 aromatic heterocycles. The molecule has 0 aliphatic carbocycles. The molecule has 8 heteroatoms. The fourth-order valence-corrected chi connectivity index (χ4v) is 3.64. The van der Waals surface area contributed by atoms with Crippen LogP contribution in [0.25, 0.3) is 5.65 Å². The van der Waals surface area contributed by atoms with Crippen LogP contribution in [0.15, 0.2) is 35.8 Å². The van der Waals surface area contributed by atoms with E-state index in [9.17, 15) is 4.79 Å². The number of halogens is 1. The summed E-state index contributed by atoms with van der Waals surface area (Å²) >= 11 is 7.62. The van der Waals surface area contributed by atoms with Gasteiger partial charge in [0.1, 0.15) is 0 Å². The highest BCUT2D eigenvalue weighted by Crippen LogP contribution is 2.21. The fourth-order valence-electron chi connectivity index (χ4n) is 2.75. The smallest absolute Gasteiger partial charge is 0.264 e. The highest BCUT2D eigenvalue weighted by Gasteiger charge is 2.25. The van der Waals surface area contributed by atoms with Crippen molar-refractivity contribution in [3.05, 3.63) is 45.7 Å². The Balaban J connectivity index is 1.51. The first-order valence-electron chi connectivity index (χ1n) is 7.31. The Bertz CT molecular complexity index is 839. The molecule has 0 radical (unpaired) electrons. The number of pyridine rings is 1. The van der Waals surface area contributed by atoms with E-state index in [4.69, 9.17) is 11.6 Å². The van der Waals surface area contributed by atoms with E-state index >= 15 is 0 Å². The lowest BCUT2D eigenvalue weighted by Crippen LogP contribution is -2.49. The van der Waals surface area contributed by atoms with E-state index in [0.717, 1.165) is 23.9 Å². The number of anilines is 1. The van der Waals surface area contributed by atoms with Crippen molar-refractivity contribution in [2.75, 3.05) is 31.1 Å². The van der Waals surface area contributed by atoms with E-state index in [1.807, 2.05) is 39.1 Å². The highest BCUT2D eigenvalue weighted by molar-refractivity contribution is 7.12. The number of hydrogen-bond acceptors (Lipinski definition) is 5. The monoisotopic (exact) mass is 347 g/mol. The Morgan fingerprint density at radius 2 is 1.96 bits per heavy atom. The molecule has 1 saturated heterocycles. The molecule has 1 aliphatic heterocycles. The lowest BCUT2D eigenvalue weighted by Gasteiger charge is -2.34. The molecular weight excluding hydrogens is 334 g/mol. The number of aromatic nitrogens is 3. The zero-order chi connectivity index (χ0) is 15.8. The minimum atomic E-state index is 0.105. The molecule has 0 atom stereocenters. The second-order valence-corrected chi connectivity index (χ2v) is 6.66. The van der Waals surface area contributed by atoms with Crippen LogP contribution in [0, 0.1) is 0 Å². The molecule has 0 N–H and O–H groups in total. The normalized spacial score (nSPS) is 15.3. The molecule has 4 heterocycles. The van der Waals surface area contributed by atoms with Gasteiger partial charge in [0.2, 0.25) is 5.95 Å². The van der Waals surface area contributed by atoms with Crippen LogP contribution in [0.3, 0.4) is 0 Å². The number of nitrogens with zero attached hydrogens (tertiary/aromatic N) is 5. The van der Waals surface area contributed by atoms with Gasteiger partial charge in [0.05, 0.1) is 9.90 Å². The average Bonchev–Trinajstić information content (AvgIpc) is 3.25. The highest BCUT2D eigenvalue weighted by atomic mass is 35.5. The minimum absolute atomic E-state index is 0.105. The molecule has 0 bridgehead atoms. The van der Waals surface area contributed by atoms with Crippen molar-refractivity contribution in [3.63, 3.8) is 0 Å². The fraction of sp³-hybridized carbons (Fsp3) is 0.267. The summed E-state index contributed by atoms with van der Waals surface area (Å²) in [5, 5.41) is 10.9. The number of carbonyl (C=O) groups is 1. The van der Waals surface area contributed by atoms with E-state index in [-0.39, 0.29) is 5.91 Å². The number of thiophene rings is 1. The molecule has 0 saturated carbocycles. The number of hydrogen-bond donors (Lipinski definition) is 0. The van der Waals surface area contributed by atoms with Gasteiger partial charge in [0, 0.05) is 32.4 Å². The van der Waals surface area contributed by atoms with Crippen molar-refractivity contribution < 1.29 is 4.79 Å². The van der Waals surface area contributed by atoms with Gasteiger partial charge in [-0.3, -0.25) is 9.20 Å². The summed E-state index contributed by atoms with van der Waals surface area (Å²) in [6.45, 7) is 2.80. The van der Waals surface area contributed by atoms with E-state index in [0.29, 0.717) is 23.8 Å². The van der Waals surface area contributed by atoms with Crippen molar-refractivity contribution >= 4 is 40.4 Å². The zero-order valence-corrected chi connectivity index (χ0v) is 13.8. The topological polar surface area (TPSA) is 53.7 Å². The largest absolute Gasteiger partial charge is 0.337 e. The first kappa shape index (κ1) is 14.5. The van der Waals surface area contributed by atoms with Gasteiger partial charge in [-0.05, 0) is 23.6 Å². The summed E-state index contributed by atoms with van der Waals surface area (Å²) < 4.78 is 1.89. The maximum atomic E-state index is 12.4. The molecule has 1 fully saturated rings. The van der Waals surface area contributed by atoms with Gasteiger partial charge in [-0.2, -0.15) is 0 Å². The number of piperazine rings is 1. The Morgan fingerprint density at radius 3 is 2.70 bits per heavy atom. The van der Waals surface area contributed by atoms with Gasteiger partial charge < -0.3 is 9.80 Å². The van der Waals surface area contributed by atoms with Gasteiger partial charge in [-0.25, -0.2) is 0 Å². The summed E-state index contributed by atoms with van der Waals surface area (Å²) in [6.07, 6.45) is 1.90. The second kappa shape index (κ2) is 5.82. The molecule has 0 spiro atoms. The third-order valence-electron chi connectivity index (χ3n) is 3.95. The predicted molar refractivity (Wildman–Crippen MR) is 90.4 cm³/mol. The van der Waals surface area contributed by atoms with E-state index in [2.05, 4.69) is 15.1 Å². The molecule has 1 amide bonds. The van der Waals surface area contributed by atoms with Crippen LogP contribution < -0.4 is 4.90 Å². The molecule has 3 aromatic rings. The van der Waals surface area contributed by atoms with Crippen LogP contribution >= 0.6 is 22.9 Å².